The number of ether oxygens (including phenoxy) is 2. The van der Waals surface area contributed by atoms with E-state index in [0.29, 0.717) is 27.6 Å². The van der Waals surface area contributed by atoms with E-state index in [1.165, 1.54) is 0 Å². The van der Waals surface area contributed by atoms with Crippen molar-refractivity contribution in [3.05, 3.63) is 20.8 Å². The van der Waals surface area contributed by atoms with E-state index in [1.807, 2.05) is 13.8 Å². The van der Waals surface area contributed by atoms with E-state index in [4.69, 9.17) is 9.47 Å². The first kappa shape index (κ1) is 16.4. The van der Waals surface area contributed by atoms with Crippen molar-refractivity contribution in [1.29, 1.82) is 0 Å². The normalized spacial score (nSPS) is 15.9. The molecule has 1 rings (SSSR count). The predicted molar refractivity (Wildman–Crippen MR) is 78.8 cm³/mol. The Morgan fingerprint density at radius 2 is 2.05 bits per heavy atom. The summed E-state index contributed by atoms with van der Waals surface area (Å²) in [7, 11) is 0. The Morgan fingerprint density at radius 3 is 2.53 bits per heavy atom. The Bertz CT molecular complexity index is 422. The third kappa shape index (κ3) is 4.76. The average molecular weight is 396 g/mol. The van der Waals surface area contributed by atoms with E-state index < -0.39 is 12.1 Å². The van der Waals surface area contributed by atoms with E-state index in [9.17, 15) is 9.59 Å². The molecule has 0 aromatic rings. The largest absolute Gasteiger partial charge is 0.457 e. The maximum absolute atomic E-state index is 11.8. The maximum atomic E-state index is 11.8. The second-order valence-electron chi connectivity index (χ2n) is 4.13. The molecule has 1 aliphatic heterocycles. The summed E-state index contributed by atoms with van der Waals surface area (Å²) in [4.78, 5) is 23.4. The second kappa shape index (κ2) is 7.85. The first-order valence-electron chi connectivity index (χ1n) is 6.18. The summed E-state index contributed by atoms with van der Waals surface area (Å²) in [5.74, 6) is -0.355. The molecular weight excluding hydrogens is 380 g/mol. The van der Waals surface area contributed by atoms with Crippen molar-refractivity contribution in [2.24, 2.45) is 0 Å². The van der Waals surface area contributed by atoms with Gasteiger partial charge >= 0.3 is 11.9 Å². The number of rotatable bonds is 6. The highest BCUT2D eigenvalue weighted by Crippen LogP contribution is 2.30. The van der Waals surface area contributed by atoms with Gasteiger partial charge in [-0.1, -0.05) is 20.3 Å². The molecule has 0 aromatic heterocycles. The standard InChI is InChI=1S/C13H16Br2O4/c1-3-5-9(18-11(16)6-4-2)8-7-10(12(14)15)19-13(8)17/h7,9H,3-6H2,1-2H3. The summed E-state index contributed by atoms with van der Waals surface area (Å²) < 4.78 is 11.0. The summed E-state index contributed by atoms with van der Waals surface area (Å²) in [6.07, 6.45) is 3.55. The van der Waals surface area contributed by atoms with E-state index in [0.717, 1.165) is 12.8 Å². The van der Waals surface area contributed by atoms with Gasteiger partial charge in [0.2, 0.25) is 0 Å². The van der Waals surface area contributed by atoms with Gasteiger partial charge in [0.15, 0.2) is 5.76 Å². The van der Waals surface area contributed by atoms with Crippen molar-refractivity contribution in [1.82, 2.24) is 0 Å². The number of allylic oxidation sites excluding steroid dienone is 1. The van der Waals surface area contributed by atoms with Crippen LogP contribution in [0.25, 0.3) is 0 Å². The predicted octanol–water partition coefficient (Wildman–Crippen LogP) is 3.94. The van der Waals surface area contributed by atoms with Gasteiger partial charge in [0.25, 0.3) is 0 Å². The lowest BCUT2D eigenvalue weighted by Crippen LogP contribution is -2.23. The van der Waals surface area contributed by atoms with Crippen LogP contribution < -0.4 is 0 Å². The fourth-order valence-corrected chi connectivity index (χ4v) is 2.06. The van der Waals surface area contributed by atoms with Crippen LogP contribution in [0.3, 0.4) is 0 Å². The zero-order valence-electron chi connectivity index (χ0n) is 10.9. The van der Waals surface area contributed by atoms with Crippen LogP contribution in [0, 0.1) is 0 Å². The monoisotopic (exact) mass is 394 g/mol. The molecule has 19 heavy (non-hydrogen) atoms. The van der Waals surface area contributed by atoms with Crippen LogP contribution in [0.1, 0.15) is 39.5 Å². The van der Waals surface area contributed by atoms with Gasteiger partial charge in [0, 0.05) is 6.42 Å². The van der Waals surface area contributed by atoms with Crippen molar-refractivity contribution >= 4 is 43.8 Å². The van der Waals surface area contributed by atoms with Crippen LogP contribution in [0.4, 0.5) is 0 Å². The Labute approximate surface area is 129 Å². The van der Waals surface area contributed by atoms with Crippen LogP contribution in [-0.2, 0) is 19.1 Å². The number of hydrogen-bond acceptors (Lipinski definition) is 4. The lowest BCUT2D eigenvalue weighted by atomic mass is 10.1. The summed E-state index contributed by atoms with van der Waals surface area (Å²) in [5, 5.41) is 0. The molecule has 1 aliphatic rings. The zero-order chi connectivity index (χ0) is 14.4. The van der Waals surface area contributed by atoms with Gasteiger partial charge in [0.1, 0.15) is 9.50 Å². The molecule has 0 saturated heterocycles. The highest BCUT2D eigenvalue weighted by atomic mass is 79.9. The van der Waals surface area contributed by atoms with Gasteiger partial charge in [-0.2, -0.15) is 0 Å². The first-order valence-corrected chi connectivity index (χ1v) is 7.76. The lowest BCUT2D eigenvalue weighted by molar-refractivity contribution is -0.148. The number of cyclic esters (lactones) is 1. The van der Waals surface area contributed by atoms with Crippen LogP contribution in [0.5, 0.6) is 0 Å². The smallest absolute Gasteiger partial charge is 0.343 e. The number of carbonyl (C=O) groups is 2. The molecule has 1 atom stereocenters. The van der Waals surface area contributed by atoms with Crippen molar-refractivity contribution in [3.8, 4) is 0 Å². The molecule has 0 radical (unpaired) electrons. The van der Waals surface area contributed by atoms with E-state index in [1.54, 1.807) is 6.08 Å². The molecule has 0 aliphatic carbocycles. The molecular formula is C13H16Br2O4. The van der Waals surface area contributed by atoms with Gasteiger partial charge in [0.05, 0.1) is 5.57 Å². The quantitative estimate of drug-likeness (QED) is 0.639. The highest BCUT2D eigenvalue weighted by molar-refractivity contribution is 9.28. The summed E-state index contributed by atoms with van der Waals surface area (Å²) >= 11 is 6.37. The van der Waals surface area contributed by atoms with E-state index in [-0.39, 0.29) is 5.97 Å². The SMILES string of the molecule is CCCC(=O)OC(CCC)C1=CC(=C(Br)Br)OC1=O. The van der Waals surface area contributed by atoms with Gasteiger partial charge in [-0.15, -0.1) is 0 Å². The minimum atomic E-state index is -0.534. The fraction of sp³-hybridized carbons (Fsp3) is 0.538. The Kier molecular flexibility index (Phi) is 6.79. The summed E-state index contributed by atoms with van der Waals surface area (Å²) in [6.45, 7) is 3.88. The molecule has 0 fully saturated rings. The number of carbonyl (C=O) groups excluding carboxylic acids is 2. The fourth-order valence-electron chi connectivity index (χ4n) is 1.67. The Hall–Kier alpha value is -0.620. The summed E-state index contributed by atoms with van der Waals surface area (Å²) in [5.41, 5.74) is 0.387. The van der Waals surface area contributed by atoms with Crippen molar-refractivity contribution in [2.75, 3.05) is 0 Å². The summed E-state index contributed by atoms with van der Waals surface area (Å²) in [6, 6.07) is 0. The van der Waals surface area contributed by atoms with E-state index in [2.05, 4.69) is 31.9 Å². The topological polar surface area (TPSA) is 52.6 Å². The van der Waals surface area contributed by atoms with Crippen LogP contribution in [0.2, 0.25) is 0 Å². The molecule has 0 bridgehead atoms. The first-order chi connectivity index (χ1) is 8.99. The Morgan fingerprint density at radius 1 is 1.37 bits per heavy atom. The number of halogens is 2. The van der Waals surface area contributed by atoms with Crippen molar-refractivity contribution in [2.45, 2.75) is 45.6 Å². The second-order valence-corrected chi connectivity index (χ2v) is 6.78. The van der Waals surface area contributed by atoms with E-state index >= 15 is 0 Å². The van der Waals surface area contributed by atoms with Gasteiger partial charge < -0.3 is 9.47 Å². The average Bonchev–Trinajstić information content (AvgIpc) is 2.71. The third-order valence-corrected chi connectivity index (χ3v) is 3.32. The zero-order valence-corrected chi connectivity index (χ0v) is 14.0. The Balaban J connectivity index is 2.87. The number of hydrogen-bond donors (Lipinski definition) is 0. The molecule has 1 heterocycles. The van der Waals surface area contributed by atoms with Crippen LogP contribution >= 0.6 is 31.9 Å². The molecule has 106 valence electrons. The molecule has 4 nitrogen and oxygen atoms in total. The molecule has 1 unspecified atom stereocenters. The molecule has 0 N–H and O–H groups in total. The highest BCUT2D eigenvalue weighted by Gasteiger charge is 2.31. The molecule has 0 amide bonds. The molecule has 0 spiro atoms. The third-order valence-electron chi connectivity index (χ3n) is 2.54. The van der Waals surface area contributed by atoms with Crippen molar-refractivity contribution in [3.63, 3.8) is 0 Å². The van der Waals surface area contributed by atoms with Crippen LogP contribution in [0.15, 0.2) is 20.8 Å². The maximum Gasteiger partial charge on any atom is 0.343 e. The number of esters is 2. The van der Waals surface area contributed by atoms with Crippen molar-refractivity contribution < 1.29 is 19.1 Å². The molecule has 6 heteroatoms. The molecule has 0 aromatic carbocycles. The van der Waals surface area contributed by atoms with Crippen LogP contribution in [-0.4, -0.2) is 18.0 Å². The van der Waals surface area contributed by atoms with Gasteiger partial charge in [-0.3, -0.25) is 4.79 Å². The van der Waals surface area contributed by atoms with Gasteiger partial charge in [-0.25, -0.2) is 4.79 Å². The lowest BCUT2D eigenvalue weighted by Gasteiger charge is -2.16. The minimum absolute atomic E-state index is 0.287. The minimum Gasteiger partial charge on any atom is -0.457 e. The molecule has 0 saturated carbocycles. The van der Waals surface area contributed by atoms with Gasteiger partial charge in [-0.05, 0) is 50.8 Å².